The van der Waals surface area contributed by atoms with Crippen molar-refractivity contribution in [3.63, 3.8) is 0 Å². The lowest BCUT2D eigenvalue weighted by Crippen LogP contribution is -2.28. The Bertz CT molecular complexity index is 1010. The Labute approximate surface area is 187 Å². The average Bonchev–Trinajstić information content (AvgIpc) is 3.51. The Balaban J connectivity index is 1.36. The minimum Gasteiger partial charge on any atom is -0.349 e. The molecular weight excluding hydrogens is 406 g/mol. The van der Waals surface area contributed by atoms with Gasteiger partial charge < -0.3 is 5.32 Å². The number of aromatic nitrogens is 4. The predicted octanol–water partition coefficient (Wildman–Crippen LogP) is 4.84. The molecule has 1 saturated carbocycles. The van der Waals surface area contributed by atoms with Gasteiger partial charge in [0.05, 0.1) is 11.8 Å². The maximum Gasteiger partial charge on any atom is 0.230 e. The second-order valence-electron chi connectivity index (χ2n) is 8.56. The van der Waals surface area contributed by atoms with Crippen molar-refractivity contribution < 1.29 is 4.79 Å². The van der Waals surface area contributed by atoms with E-state index in [1.807, 2.05) is 19.1 Å². The van der Waals surface area contributed by atoms with Crippen molar-refractivity contribution in [2.24, 2.45) is 5.92 Å². The topological polar surface area (TPSA) is 72.7 Å². The smallest absolute Gasteiger partial charge is 0.230 e. The van der Waals surface area contributed by atoms with Crippen molar-refractivity contribution in [3.8, 4) is 11.4 Å². The first-order valence-corrected chi connectivity index (χ1v) is 11.9. The zero-order chi connectivity index (χ0) is 21.8. The summed E-state index contributed by atoms with van der Waals surface area (Å²) >= 11 is 1.45. The third kappa shape index (κ3) is 5.53. The van der Waals surface area contributed by atoms with Gasteiger partial charge in [-0.15, -0.1) is 10.2 Å². The van der Waals surface area contributed by atoms with Crippen LogP contribution in [0, 0.1) is 5.92 Å². The summed E-state index contributed by atoms with van der Waals surface area (Å²) in [5, 5.41) is 12.7. The second kappa shape index (κ2) is 9.64. The van der Waals surface area contributed by atoms with E-state index in [0.29, 0.717) is 17.7 Å². The lowest BCUT2D eigenvalue weighted by molar-refractivity contribution is -0.119. The minimum atomic E-state index is -0.0325. The largest absolute Gasteiger partial charge is 0.349 e. The highest BCUT2D eigenvalue weighted by molar-refractivity contribution is 7.99. The summed E-state index contributed by atoms with van der Waals surface area (Å²) in [4.78, 5) is 16.7. The fourth-order valence-corrected chi connectivity index (χ4v) is 4.46. The van der Waals surface area contributed by atoms with E-state index in [2.05, 4.69) is 63.2 Å². The molecule has 0 radical (unpaired) electrons. The Hall–Kier alpha value is -2.67. The zero-order valence-corrected chi connectivity index (χ0v) is 19.1. The first-order valence-electron chi connectivity index (χ1n) is 10.9. The van der Waals surface area contributed by atoms with Crippen LogP contribution >= 0.6 is 11.8 Å². The highest BCUT2D eigenvalue weighted by atomic mass is 32.2. The van der Waals surface area contributed by atoms with Crippen LogP contribution in [0.4, 0.5) is 0 Å². The first-order chi connectivity index (χ1) is 15.0. The SMILES string of the molecule is CC(C)Cc1ccc(C(C)NC(=O)CSc2nnc(-c3ccncc3)n2C2CC2)cc1. The number of amides is 1. The summed E-state index contributed by atoms with van der Waals surface area (Å²) in [7, 11) is 0. The number of benzene rings is 1. The summed E-state index contributed by atoms with van der Waals surface area (Å²) in [5.41, 5.74) is 3.45. The lowest BCUT2D eigenvalue weighted by Gasteiger charge is -2.15. The van der Waals surface area contributed by atoms with Crippen LogP contribution in [0.1, 0.15) is 56.8 Å². The molecule has 1 fully saturated rings. The van der Waals surface area contributed by atoms with Crippen LogP contribution in [-0.4, -0.2) is 31.4 Å². The van der Waals surface area contributed by atoms with Gasteiger partial charge in [-0.25, -0.2) is 0 Å². The van der Waals surface area contributed by atoms with Crippen molar-refractivity contribution in [2.75, 3.05) is 5.75 Å². The van der Waals surface area contributed by atoms with Crippen molar-refractivity contribution in [2.45, 2.75) is 57.3 Å². The molecule has 0 saturated heterocycles. The Kier molecular flexibility index (Phi) is 6.70. The third-order valence-corrected chi connectivity index (χ3v) is 6.29. The Morgan fingerprint density at radius 3 is 2.45 bits per heavy atom. The number of nitrogens with one attached hydrogen (secondary N) is 1. The lowest BCUT2D eigenvalue weighted by atomic mass is 10.00. The number of nitrogens with zero attached hydrogens (tertiary/aromatic N) is 4. The van der Waals surface area contributed by atoms with Crippen LogP contribution < -0.4 is 5.32 Å². The van der Waals surface area contributed by atoms with Crippen molar-refractivity contribution in [1.82, 2.24) is 25.1 Å². The van der Waals surface area contributed by atoms with Gasteiger partial charge >= 0.3 is 0 Å². The highest BCUT2D eigenvalue weighted by Gasteiger charge is 2.30. The van der Waals surface area contributed by atoms with E-state index in [1.54, 1.807) is 12.4 Å². The van der Waals surface area contributed by atoms with Gasteiger partial charge in [0.1, 0.15) is 0 Å². The molecule has 1 amide bonds. The van der Waals surface area contributed by atoms with Crippen LogP contribution in [0.2, 0.25) is 0 Å². The molecule has 2 aromatic heterocycles. The molecular formula is C24H29N5OS. The molecule has 0 bridgehead atoms. The first kappa shape index (κ1) is 21.6. The number of carbonyl (C=O) groups is 1. The molecule has 0 spiro atoms. The predicted molar refractivity (Wildman–Crippen MR) is 124 cm³/mol. The molecule has 1 aliphatic rings. The van der Waals surface area contributed by atoms with Gasteiger partial charge in [-0.3, -0.25) is 14.3 Å². The van der Waals surface area contributed by atoms with Crippen LogP contribution in [0.15, 0.2) is 53.9 Å². The Morgan fingerprint density at radius 1 is 1.10 bits per heavy atom. The van der Waals surface area contributed by atoms with Crippen LogP contribution in [0.3, 0.4) is 0 Å². The minimum absolute atomic E-state index is 0.000403. The van der Waals surface area contributed by atoms with E-state index in [0.717, 1.165) is 41.4 Å². The summed E-state index contributed by atoms with van der Waals surface area (Å²) in [6.45, 7) is 6.46. The van der Waals surface area contributed by atoms with Crippen molar-refractivity contribution in [1.29, 1.82) is 0 Å². The average molecular weight is 436 g/mol. The molecule has 31 heavy (non-hydrogen) atoms. The Morgan fingerprint density at radius 2 is 1.81 bits per heavy atom. The summed E-state index contributed by atoms with van der Waals surface area (Å²) in [6.07, 6.45) is 6.84. The molecule has 1 atom stereocenters. The molecule has 6 nitrogen and oxygen atoms in total. The molecule has 0 aliphatic heterocycles. The van der Waals surface area contributed by atoms with Gasteiger partial charge in [-0.2, -0.15) is 0 Å². The number of carbonyl (C=O) groups excluding carboxylic acids is 1. The number of rotatable bonds is 9. The fraction of sp³-hybridized carbons (Fsp3) is 0.417. The molecule has 1 aromatic carbocycles. The molecule has 2 heterocycles. The van der Waals surface area contributed by atoms with Crippen molar-refractivity contribution in [3.05, 3.63) is 59.9 Å². The number of pyridine rings is 1. The van der Waals surface area contributed by atoms with E-state index >= 15 is 0 Å². The van der Waals surface area contributed by atoms with E-state index in [-0.39, 0.29) is 11.9 Å². The molecule has 7 heteroatoms. The number of hydrogen-bond donors (Lipinski definition) is 1. The molecule has 1 aliphatic carbocycles. The monoisotopic (exact) mass is 435 g/mol. The molecule has 1 unspecified atom stereocenters. The standard InChI is InChI=1S/C24H29N5OS/c1-16(2)14-18-4-6-19(7-5-18)17(3)26-22(30)15-31-24-28-27-23(29(24)21-8-9-21)20-10-12-25-13-11-20/h4-7,10-13,16-17,21H,8-9,14-15H2,1-3H3,(H,26,30). The van der Waals surface area contributed by atoms with Gasteiger partial charge in [0, 0.05) is 24.0 Å². The maximum absolute atomic E-state index is 12.6. The van der Waals surface area contributed by atoms with Crippen LogP contribution in [0.5, 0.6) is 0 Å². The normalized spacial score (nSPS) is 14.6. The van der Waals surface area contributed by atoms with Gasteiger partial charge in [0.2, 0.25) is 5.91 Å². The maximum atomic E-state index is 12.6. The van der Waals surface area contributed by atoms with Gasteiger partial charge in [0.15, 0.2) is 11.0 Å². The quantitative estimate of drug-likeness (QED) is 0.487. The molecule has 162 valence electrons. The summed E-state index contributed by atoms with van der Waals surface area (Å²) < 4.78 is 2.17. The van der Waals surface area contributed by atoms with Gasteiger partial charge in [-0.1, -0.05) is 49.9 Å². The van der Waals surface area contributed by atoms with Gasteiger partial charge in [0.25, 0.3) is 0 Å². The zero-order valence-electron chi connectivity index (χ0n) is 18.3. The van der Waals surface area contributed by atoms with Gasteiger partial charge in [-0.05, 0) is 55.4 Å². The van der Waals surface area contributed by atoms with Crippen molar-refractivity contribution >= 4 is 17.7 Å². The molecule has 4 rings (SSSR count). The van der Waals surface area contributed by atoms with E-state index < -0.39 is 0 Å². The number of thioether (sulfide) groups is 1. The van der Waals surface area contributed by atoms with Crippen LogP contribution in [-0.2, 0) is 11.2 Å². The number of hydrogen-bond acceptors (Lipinski definition) is 5. The molecule has 1 N–H and O–H groups in total. The summed E-state index contributed by atoms with van der Waals surface area (Å²) in [5.74, 6) is 1.80. The summed E-state index contributed by atoms with van der Waals surface area (Å²) in [6, 6.07) is 12.8. The highest BCUT2D eigenvalue weighted by Crippen LogP contribution is 2.40. The van der Waals surface area contributed by atoms with Crippen LogP contribution in [0.25, 0.3) is 11.4 Å². The second-order valence-corrected chi connectivity index (χ2v) is 9.50. The van der Waals surface area contributed by atoms with E-state index in [1.165, 1.54) is 17.3 Å². The molecule has 3 aromatic rings. The fourth-order valence-electron chi connectivity index (χ4n) is 3.65. The third-order valence-electron chi connectivity index (χ3n) is 5.35. The van der Waals surface area contributed by atoms with E-state index in [9.17, 15) is 4.79 Å². The van der Waals surface area contributed by atoms with E-state index in [4.69, 9.17) is 0 Å².